The lowest BCUT2D eigenvalue weighted by atomic mass is 10.0. The van der Waals surface area contributed by atoms with Crippen molar-refractivity contribution in [2.45, 2.75) is 32.4 Å². The van der Waals surface area contributed by atoms with Gasteiger partial charge in [0.1, 0.15) is 0 Å². The number of ether oxygens (including phenoxy) is 1. The zero-order valence-corrected chi connectivity index (χ0v) is 18.8. The number of fused-ring (bicyclic) bond motifs is 1. The Kier molecular flexibility index (Phi) is 8.66. The first kappa shape index (κ1) is 24.1. The quantitative estimate of drug-likeness (QED) is 0.299. The molecule has 2 atom stereocenters. The average molecular weight is 473 g/mol. The first-order valence-corrected chi connectivity index (χ1v) is 10.4. The minimum Gasteiger partial charge on any atom is -0.426 e. The largest absolute Gasteiger partial charge is 0.426 e. The molecule has 30 heavy (non-hydrogen) atoms. The predicted octanol–water partition coefficient (Wildman–Crippen LogP) is 5.06. The van der Waals surface area contributed by atoms with Gasteiger partial charge < -0.3 is 21.1 Å². The van der Waals surface area contributed by atoms with Gasteiger partial charge in [-0.15, -0.1) is 12.4 Å². The monoisotopic (exact) mass is 472 g/mol. The van der Waals surface area contributed by atoms with Gasteiger partial charge in [0.15, 0.2) is 11.6 Å². The van der Waals surface area contributed by atoms with Crippen molar-refractivity contribution in [2.75, 3.05) is 12.3 Å². The maximum atomic E-state index is 15.3. The third kappa shape index (κ3) is 5.51. The molecule has 0 saturated heterocycles. The van der Waals surface area contributed by atoms with E-state index in [1.165, 1.54) is 11.3 Å². The van der Waals surface area contributed by atoms with Crippen molar-refractivity contribution in [1.82, 2.24) is 15.6 Å². The van der Waals surface area contributed by atoms with Crippen LogP contribution in [0.3, 0.4) is 0 Å². The number of carbonyl (C=O) groups excluding carboxylic acids is 1. The highest BCUT2D eigenvalue weighted by Crippen LogP contribution is 2.39. The molecule has 0 radical (unpaired) electrons. The first-order chi connectivity index (χ1) is 13.9. The number of nitrogens with one attached hydrogen (secondary N) is 2. The molecule has 0 aliphatic heterocycles. The second kappa shape index (κ2) is 10.8. The highest BCUT2D eigenvalue weighted by molar-refractivity contribution is 7.20. The summed E-state index contributed by atoms with van der Waals surface area (Å²) >= 11 is 7.51. The lowest BCUT2D eigenvalue weighted by Crippen LogP contribution is -2.38. The molecule has 1 aromatic heterocycles. The van der Waals surface area contributed by atoms with Crippen LogP contribution < -0.4 is 21.1 Å². The summed E-state index contributed by atoms with van der Waals surface area (Å²) in [6.07, 6.45) is 1.28. The van der Waals surface area contributed by atoms with E-state index in [-0.39, 0.29) is 40.5 Å². The lowest BCUT2D eigenvalue weighted by Gasteiger charge is -2.23. The van der Waals surface area contributed by atoms with Gasteiger partial charge in [0.25, 0.3) is 5.19 Å². The van der Waals surface area contributed by atoms with Crippen LogP contribution >= 0.6 is 35.3 Å². The highest BCUT2D eigenvalue weighted by atomic mass is 35.5. The number of aromatic nitrogens is 1. The molecule has 2 aromatic carbocycles. The summed E-state index contributed by atoms with van der Waals surface area (Å²) < 4.78 is 21.9. The highest BCUT2D eigenvalue weighted by Gasteiger charge is 2.22. The second-order valence-electron chi connectivity index (χ2n) is 6.64. The van der Waals surface area contributed by atoms with Crippen molar-refractivity contribution < 1.29 is 13.9 Å². The Bertz CT molecular complexity index is 1020. The smallest absolute Gasteiger partial charge is 0.279 e. The standard InChI is InChI=1S/C20H22ClFN4O2S.ClH/c1-3-15(25-11(2)9-24-10-27)13-5-6-14(21)19(18(13)22)28-20-26-16-8-12(23)4-7-17(16)29-20;/h4-8,10-11,15,25H,3,9,23H2,1-2H3,(H,24,27);1H/t11?,15-;/m1./s1. The van der Waals surface area contributed by atoms with Gasteiger partial charge in [-0.25, -0.2) is 9.37 Å². The number of anilines is 1. The number of halogens is 3. The fourth-order valence-corrected chi connectivity index (χ4v) is 4.01. The molecule has 0 aliphatic rings. The number of rotatable bonds is 9. The Morgan fingerprint density at radius 1 is 1.37 bits per heavy atom. The molecule has 4 N–H and O–H groups in total. The van der Waals surface area contributed by atoms with Crippen LogP contribution in [-0.2, 0) is 4.79 Å². The predicted molar refractivity (Wildman–Crippen MR) is 122 cm³/mol. The van der Waals surface area contributed by atoms with E-state index >= 15 is 4.39 Å². The molecule has 3 aromatic rings. The van der Waals surface area contributed by atoms with Crippen LogP contribution in [0.5, 0.6) is 10.9 Å². The number of carbonyl (C=O) groups is 1. The summed E-state index contributed by atoms with van der Waals surface area (Å²) in [4.78, 5) is 14.8. The molecule has 162 valence electrons. The Hall–Kier alpha value is -2.13. The van der Waals surface area contributed by atoms with Crippen LogP contribution in [0, 0.1) is 5.82 Å². The Labute approximate surface area is 189 Å². The van der Waals surface area contributed by atoms with E-state index in [1.54, 1.807) is 24.3 Å². The molecule has 6 nitrogen and oxygen atoms in total. The summed E-state index contributed by atoms with van der Waals surface area (Å²) in [5.74, 6) is -0.596. The maximum absolute atomic E-state index is 15.3. The van der Waals surface area contributed by atoms with Crippen molar-refractivity contribution >= 4 is 57.7 Å². The number of benzene rings is 2. The molecule has 1 amide bonds. The van der Waals surface area contributed by atoms with Crippen molar-refractivity contribution in [3.63, 3.8) is 0 Å². The van der Waals surface area contributed by atoms with E-state index in [0.717, 1.165) is 4.70 Å². The van der Waals surface area contributed by atoms with Crippen molar-refractivity contribution in [3.8, 4) is 10.9 Å². The first-order valence-electron chi connectivity index (χ1n) is 9.17. The van der Waals surface area contributed by atoms with Crippen LogP contribution in [0.25, 0.3) is 10.2 Å². The SMILES string of the molecule is CC[C@@H](NC(C)CNC=O)c1ccc(Cl)c(Oc2nc3cc(N)ccc3s2)c1F.Cl. The van der Waals surface area contributed by atoms with E-state index in [0.29, 0.717) is 36.1 Å². The minimum atomic E-state index is -0.536. The second-order valence-corrected chi connectivity index (χ2v) is 8.04. The molecule has 0 aliphatic carbocycles. The Morgan fingerprint density at radius 2 is 2.13 bits per heavy atom. The van der Waals surface area contributed by atoms with E-state index in [2.05, 4.69) is 15.6 Å². The van der Waals surface area contributed by atoms with Crippen molar-refractivity contribution in [1.29, 1.82) is 0 Å². The van der Waals surface area contributed by atoms with Crippen LogP contribution in [0.1, 0.15) is 31.9 Å². The van der Waals surface area contributed by atoms with Crippen LogP contribution in [0.15, 0.2) is 30.3 Å². The van der Waals surface area contributed by atoms with E-state index in [1.807, 2.05) is 19.9 Å². The van der Waals surface area contributed by atoms with Gasteiger partial charge >= 0.3 is 0 Å². The number of hydrogen-bond acceptors (Lipinski definition) is 6. The summed E-state index contributed by atoms with van der Waals surface area (Å²) in [6.45, 7) is 4.30. The van der Waals surface area contributed by atoms with Gasteiger partial charge in [-0.3, -0.25) is 4.79 Å². The minimum absolute atomic E-state index is 0. The van der Waals surface area contributed by atoms with Gasteiger partial charge in [-0.2, -0.15) is 0 Å². The molecule has 1 unspecified atom stereocenters. The summed E-state index contributed by atoms with van der Waals surface area (Å²) in [6, 6.07) is 8.29. The number of amides is 1. The van der Waals surface area contributed by atoms with Gasteiger partial charge in [0.05, 0.1) is 15.2 Å². The summed E-state index contributed by atoms with van der Waals surface area (Å²) in [7, 11) is 0. The number of thiazole rings is 1. The Morgan fingerprint density at radius 3 is 2.83 bits per heavy atom. The summed E-state index contributed by atoms with van der Waals surface area (Å²) in [5, 5.41) is 6.37. The maximum Gasteiger partial charge on any atom is 0.279 e. The molecular formula is C20H23Cl2FN4O2S. The van der Waals surface area contributed by atoms with E-state index in [9.17, 15) is 4.79 Å². The fraction of sp³-hybridized carbons (Fsp3) is 0.300. The Balaban J connectivity index is 0.00000320. The van der Waals surface area contributed by atoms with Crippen molar-refractivity contribution in [3.05, 3.63) is 46.7 Å². The van der Waals surface area contributed by atoms with E-state index in [4.69, 9.17) is 22.1 Å². The third-order valence-corrected chi connectivity index (χ3v) is 5.65. The molecule has 0 saturated carbocycles. The molecule has 1 heterocycles. The fourth-order valence-electron chi connectivity index (χ4n) is 3.02. The van der Waals surface area contributed by atoms with Gasteiger partial charge in [0, 0.05) is 29.9 Å². The molecule has 0 bridgehead atoms. The molecular weight excluding hydrogens is 450 g/mol. The number of nitrogen functional groups attached to an aromatic ring is 1. The van der Waals surface area contributed by atoms with Crippen LogP contribution in [0.4, 0.5) is 10.1 Å². The third-order valence-electron chi connectivity index (χ3n) is 4.44. The van der Waals surface area contributed by atoms with Crippen LogP contribution in [0.2, 0.25) is 5.02 Å². The van der Waals surface area contributed by atoms with Crippen LogP contribution in [-0.4, -0.2) is 24.0 Å². The van der Waals surface area contributed by atoms with Gasteiger partial charge in [-0.05, 0) is 37.6 Å². The molecule has 0 spiro atoms. The van der Waals surface area contributed by atoms with E-state index < -0.39 is 5.82 Å². The molecule has 3 rings (SSSR count). The van der Waals surface area contributed by atoms with Gasteiger partial charge in [0.2, 0.25) is 6.41 Å². The molecule has 10 heteroatoms. The van der Waals surface area contributed by atoms with Gasteiger partial charge in [-0.1, -0.05) is 35.9 Å². The number of nitrogens with zero attached hydrogens (tertiary/aromatic N) is 1. The summed E-state index contributed by atoms with van der Waals surface area (Å²) in [5.41, 5.74) is 7.50. The number of nitrogens with two attached hydrogens (primary N) is 1. The normalized spacial score (nSPS) is 12.8. The molecule has 0 fully saturated rings. The van der Waals surface area contributed by atoms with Crippen molar-refractivity contribution in [2.24, 2.45) is 0 Å². The topological polar surface area (TPSA) is 89.3 Å². The number of hydrogen-bond donors (Lipinski definition) is 3. The zero-order chi connectivity index (χ0) is 21.0. The average Bonchev–Trinajstić information content (AvgIpc) is 3.09. The lowest BCUT2D eigenvalue weighted by molar-refractivity contribution is -0.109. The zero-order valence-electron chi connectivity index (χ0n) is 16.4.